The summed E-state index contributed by atoms with van der Waals surface area (Å²) in [6.07, 6.45) is 1.72. The molecule has 2 fully saturated rings. The van der Waals surface area contributed by atoms with Gasteiger partial charge in [-0.1, -0.05) is 12.1 Å². The van der Waals surface area contributed by atoms with Crippen LogP contribution in [0.5, 0.6) is 0 Å². The van der Waals surface area contributed by atoms with E-state index in [4.69, 9.17) is 0 Å². The first-order valence-corrected chi connectivity index (χ1v) is 12.8. The number of piperidine rings is 1. The second kappa shape index (κ2) is 9.51. The van der Waals surface area contributed by atoms with Crippen LogP contribution in [0.1, 0.15) is 40.7 Å². The molecule has 2 heterocycles. The van der Waals surface area contributed by atoms with Crippen LogP contribution in [0.15, 0.2) is 42.5 Å². The van der Waals surface area contributed by atoms with Gasteiger partial charge >= 0.3 is 0 Å². The van der Waals surface area contributed by atoms with Crippen LogP contribution in [0.25, 0.3) is 0 Å². The van der Waals surface area contributed by atoms with E-state index >= 15 is 0 Å². The van der Waals surface area contributed by atoms with Gasteiger partial charge < -0.3 is 10.2 Å². The van der Waals surface area contributed by atoms with Gasteiger partial charge in [-0.05, 0) is 67.6 Å². The molecule has 0 saturated carbocycles. The van der Waals surface area contributed by atoms with Crippen LogP contribution in [0.4, 0.5) is 10.1 Å². The second-order valence-corrected chi connectivity index (χ2v) is 10.7. The third-order valence-electron chi connectivity index (χ3n) is 6.36. The number of carbonyl (C=O) groups excluding carboxylic acids is 2. The molecule has 0 bridgehead atoms. The first kappa shape index (κ1) is 23.2. The molecule has 2 aliphatic heterocycles. The van der Waals surface area contributed by atoms with Gasteiger partial charge in [0.05, 0.1) is 11.4 Å². The summed E-state index contributed by atoms with van der Waals surface area (Å²) in [5, 5.41) is 2.87. The average Bonchev–Trinajstić information content (AvgIpc) is 3.18. The van der Waals surface area contributed by atoms with Gasteiger partial charge in [0.15, 0.2) is 0 Å². The molecule has 2 aromatic carbocycles. The van der Waals surface area contributed by atoms with Gasteiger partial charge in [-0.15, -0.1) is 0 Å². The van der Waals surface area contributed by atoms with E-state index < -0.39 is 10.0 Å². The molecule has 0 aliphatic carbocycles. The van der Waals surface area contributed by atoms with E-state index in [0.717, 1.165) is 0 Å². The first-order chi connectivity index (χ1) is 15.7. The van der Waals surface area contributed by atoms with Gasteiger partial charge in [-0.25, -0.2) is 12.8 Å². The van der Waals surface area contributed by atoms with Crippen LogP contribution in [-0.2, 0) is 21.4 Å². The van der Waals surface area contributed by atoms with Crippen LogP contribution in [-0.4, -0.2) is 50.5 Å². The summed E-state index contributed by atoms with van der Waals surface area (Å²) in [6, 6.07) is 11.6. The van der Waals surface area contributed by atoms with E-state index in [2.05, 4.69) is 5.32 Å². The quantitative estimate of drug-likeness (QED) is 0.724. The highest BCUT2D eigenvalue weighted by Gasteiger charge is 2.30. The molecule has 4 rings (SSSR count). The number of nitrogens with zero attached hydrogens (tertiary/aromatic N) is 2. The van der Waals surface area contributed by atoms with Crippen molar-refractivity contribution < 1.29 is 22.4 Å². The lowest BCUT2D eigenvalue weighted by Gasteiger charge is -2.31. The Labute approximate surface area is 193 Å². The fourth-order valence-corrected chi connectivity index (χ4v) is 5.87. The van der Waals surface area contributed by atoms with Crippen molar-refractivity contribution in [2.45, 2.75) is 32.7 Å². The third-order valence-corrected chi connectivity index (χ3v) is 8.23. The lowest BCUT2D eigenvalue weighted by Crippen LogP contribution is -2.42. The smallest absolute Gasteiger partial charge is 0.253 e. The maximum atomic E-state index is 13.7. The Balaban J connectivity index is 1.28. The zero-order chi connectivity index (χ0) is 23.6. The van der Waals surface area contributed by atoms with Crippen molar-refractivity contribution in [3.63, 3.8) is 0 Å². The van der Waals surface area contributed by atoms with E-state index in [-0.39, 0.29) is 35.8 Å². The number of likely N-dealkylation sites (tertiary alicyclic amines) is 1. The maximum absolute atomic E-state index is 13.7. The lowest BCUT2D eigenvalue weighted by molar-refractivity contribution is -0.126. The second-order valence-electron chi connectivity index (χ2n) is 8.66. The molecule has 9 heteroatoms. The number of rotatable bonds is 5. The molecule has 0 atom stereocenters. The Bertz CT molecular complexity index is 1140. The number of anilines is 1. The number of aryl methyl sites for hydroxylation is 1. The molecule has 7 nitrogen and oxygen atoms in total. The molecular weight excluding hydrogens is 445 g/mol. The summed E-state index contributed by atoms with van der Waals surface area (Å²) in [4.78, 5) is 27.1. The zero-order valence-electron chi connectivity index (χ0n) is 18.6. The molecule has 2 aliphatic rings. The highest BCUT2D eigenvalue weighted by atomic mass is 32.2. The number of nitrogens with one attached hydrogen (secondary N) is 1. The summed E-state index contributed by atoms with van der Waals surface area (Å²) in [5.74, 6) is -0.534. The molecule has 33 heavy (non-hydrogen) atoms. The number of benzene rings is 2. The topological polar surface area (TPSA) is 86.8 Å². The molecule has 1 N–H and O–H groups in total. The van der Waals surface area contributed by atoms with Gasteiger partial charge in [-0.3, -0.25) is 13.9 Å². The van der Waals surface area contributed by atoms with Crippen molar-refractivity contribution in [2.75, 3.05) is 29.7 Å². The van der Waals surface area contributed by atoms with E-state index in [1.54, 1.807) is 48.2 Å². The van der Waals surface area contributed by atoms with Crippen molar-refractivity contribution in [3.05, 3.63) is 65.0 Å². The van der Waals surface area contributed by atoms with Crippen molar-refractivity contribution in [3.8, 4) is 0 Å². The number of hydrogen-bond donors (Lipinski definition) is 1. The SMILES string of the molecule is Cc1ccc(CNC(=O)C2CCN(C(=O)c3ccc(N4CCCS4(=O)=O)cc3)CC2)cc1F. The molecule has 0 spiro atoms. The lowest BCUT2D eigenvalue weighted by atomic mass is 9.95. The summed E-state index contributed by atoms with van der Waals surface area (Å²) in [6.45, 7) is 3.37. The largest absolute Gasteiger partial charge is 0.352 e. The van der Waals surface area contributed by atoms with Crippen molar-refractivity contribution in [1.82, 2.24) is 10.2 Å². The Morgan fingerprint density at radius 1 is 1.06 bits per heavy atom. The van der Waals surface area contributed by atoms with E-state index in [1.807, 2.05) is 0 Å². The van der Waals surface area contributed by atoms with Gasteiger partial charge in [0.2, 0.25) is 15.9 Å². The highest BCUT2D eigenvalue weighted by molar-refractivity contribution is 7.93. The van der Waals surface area contributed by atoms with E-state index in [1.165, 1.54) is 10.4 Å². The van der Waals surface area contributed by atoms with Crippen molar-refractivity contribution >= 4 is 27.5 Å². The Kier molecular flexibility index (Phi) is 6.69. The first-order valence-electron chi connectivity index (χ1n) is 11.2. The summed E-state index contributed by atoms with van der Waals surface area (Å²) < 4.78 is 39.2. The normalized spacial score (nSPS) is 18.4. The van der Waals surface area contributed by atoms with E-state index in [9.17, 15) is 22.4 Å². The summed E-state index contributed by atoms with van der Waals surface area (Å²) in [7, 11) is -3.25. The third kappa shape index (κ3) is 5.19. The summed E-state index contributed by atoms with van der Waals surface area (Å²) in [5.41, 5.74) is 2.36. The molecule has 0 unspecified atom stereocenters. The van der Waals surface area contributed by atoms with Gasteiger partial charge in [0, 0.05) is 37.7 Å². The summed E-state index contributed by atoms with van der Waals surface area (Å²) >= 11 is 0. The number of halogens is 1. The van der Waals surface area contributed by atoms with Crippen molar-refractivity contribution in [1.29, 1.82) is 0 Å². The average molecular weight is 474 g/mol. The molecule has 176 valence electrons. The van der Waals surface area contributed by atoms with Crippen LogP contribution in [0, 0.1) is 18.7 Å². The monoisotopic (exact) mass is 473 g/mol. The van der Waals surface area contributed by atoms with Gasteiger partial charge in [-0.2, -0.15) is 0 Å². The van der Waals surface area contributed by atoms with Crippen LogP contribution in [0.2, 0.25) is 0 Å². The maximum Gasteiger partial charge on any atom is 0.253 e. The zero-order valence-corrected chi connectivity index (χ0v) is 19.4. The van der Waals surface area contributed by atoms with Crippen LogP contribution < -0.4 is 9.62 Å². The minimum atomic E-state index is -3.25. The van der Waals surface area contributed by atoms with Gasteiger partial charge in [0.1, 0.15) is 5.82 Å². The molecule has 2 aromatic rings. The molecule has 2 saturated heterocycles. The van der Waals surface area contributed by atoms with Crippen LogP contribution >= 0.6 is 0 Å². The molecular formula is C24H28FN3O4S. The predicted molar refractivity (Wildman–Crippen MR) is 124 cm³/mol. The minimum Gasteiger partial charge on any atom is -0.352 e. The standard InChI is InChI=1S/C24H28FN3O4S/c1-17-3-4-18(15-22(17)25)16-26-23(29)19-9-12-27(13-10-19)24(30)20-5-7-21(8-6-20)28-11-2-14-33(28,31)32/h3-8,15,19H,2,9-14,16H2,1H3,(H,26,29). The number of amides is 2. The fraction of sp³-hybridized carbons (Fsp3) is 0.417. The molecule has 0 aromatic heterocycles. The number of sulfonamides is 1. The molecule has 2 amide bonds. The van der Waals surface area contributed by atoms with Crippen LogP contribution in [0.3, 0.4) is 0 Å². The predicted octanol–water partition coefficient (Wildman–Crippen LogP) is 2.84. The van der Waals surface area contributed by atoms with Crippen molar-refractivity contribution in [2.24, 2.45) is 5.92 Å². The van der Waals surface area contributed by atoms with E-state index in [0.29, 0.717) is 61.3 Å². The van der Waals surface area contributed by atoms with Gasteiger partial charge in [0.25, 0.3) is 5.91 Å². The minimum absolute atomic E-state index is 0.0840. The Hall–Kier alpha value is -2.94. The highest BCUT2D eigenvalue weighted by Crippen LogP contribution is 2.25. The number of hydrogen-bond acceptors (Lipinski definition) is 4. The molecule has 0 radical (unpaired) electrons. The number of carbonyl (C=O) groups is 2. The Morgan fingerprint density at radius 2 is 1.76 bits per heavy atom. The fourth-order valence-electron chi connectivity index (χ4n) is 4.31. The Morgan fingerprint density at radius 3 is 2.36 bits per heavy atom.